The summed E-state index contributed by atoms with van der Waals surface area (Å²) in [6.07, 6.45) is 1.18. The van der Waals surface area contributed by atoms with E-state index < -0.39 is 17.3 Å². The smallest absolute Gasteiger partial charge is 0.338 e. The Bertz CT molecular complexity index is 519. The van der Waals surface area contributed by atoms with E-state index in [1.165, 1.54) is 13.1 Å². The highest BCUT2D eigenvalue weighted by Crippen LogP contribution is 2.09. The van der Waals surface area contributed by atoms with E-state index in [2.05, 4.69) is 16.8 Å². The van der Waals surface area contributed by atoms with Crippen molar-refractivity contribution in [1.82, 2.24) is 4.98 Å². The van der Waals surface area contributed by atoms with E-state index >= 15 is 0 Å². The summed E-state index contributed by atoms with van der Waals surface area (Å²) in [5.41, 5.74) is -0.697. The number of carbonyl (C=O) groups excluding carboxylic acids is 1. The Kier molecular flexibility index (Phi) is 4.67. The van der Waals surface area contributed by atoms with Gasteiger partial charge in [-0.2, -0.15) is 0 Å². The standard InChI is InChI=1S/C11H8FNO3S/c1-7(14)17-6-2-3-9-10(12)8(11(15)16)4-5-13-9/h4-5H,6H2,1H3,(H,15,16). The van der Waals surface area contributed by atoms with Gasteiger partial charge in [-0.25, -0.2) is 14.2 Å². The van der Waals surface area contributed by atoms with E-state index in [4.69, 9.17) is 5.11 Å². The predicted molar refractivity (Wildman–Crippen MR) is 61.2 cm³/mol. The Balaban J connectivity index is 2.88. The van der Waals surface area contributed by atoms with Gasteiger partial charge < -0.3 is 5.11 Å². The number of carboxylic acid groups (broad SMARTS) is 1. The Hall–Kier alpha value is -1.87. The van der Waals surface area contributed by atoms with Crippen LogP contribution in [0.3, 0.4) is 0 Å². The number of thioether (sulfide) groups is 1. The molecule has 0 spiro atoms. The van der Waals surface area contributed by atoms with Gasteiger partial charge in [0.2, 0.25) is 0 Å². The first kappa shape index (κ1) is 13.2. The molecule has 0 radical (unpaired) electrons. The maximum Gasteiger partial charge on any atom is 0.338 e. The number of hydrogen-bond acceptors (Lipinski definition) is 4. The van der Waals surface area contributed by atoms with E-state index in [0.29, 0.717) is 0 Å². The quantitative estimate of drug-likeness (QED) is 0.810. The number of nitrogens with zero attached hydrogens (tertiary/aromatic N) is 1. The van der Waals surface area contributed by atoms with Crippen molar-refractivity contribution in [3.8, 4) is 11.8 Å². The highest BCUT2D eigenvalue weighted by atomic mass is 32.2. The van der Waals surface area contributed by atoms with Gasteiger partial charge in [0.1, 0.15) is 5.69 Å². The maximum absolute atomic E-state index is 13.5. The summed E-state index contributed by atoms with van der Waals surface area (Å²) in [4.78, 5) is 24.9. The molecule has 0 bridgehead atoms. The Morgan fingerprint density at radius 2 is 2.29 bits per heavy atom. The number of halogens is 1. The van der Waals surface area contributed by atoms with Gasteiger partial charge in [0.05, 0.1) is 11.3 Å². The lowest BCUT2D eigenvalue weighted by Gasteiger charge is -1.97. The molecule has 0 aliphatic rings. The molecule has 17 heavy (non-hydrogen) atoms. The van der Waals surface area contributed by atoms with Crippen LogP contribution in [0.2, 0.25) is 0 Å². The summed E-state index contributed by atoms with van der Waals surface area (Å²) >= 11 is 0.988. The summed E-state index contributed by atoms with van der Waals surface area (Å²) in [6, 6.07) is 1.06. The van der Waals surface area contributed by atoms with Crippen LogP contribution in [0.15, 0.2) is 12.3 Å². The summed E-state index contributed by atoms with van der Waals surface area (Å²) in [5.74, 6) is 2.82. The lowest BCUT2D eigenvalue weighted by Crippen LogP contribution is -2.03. The Labute approximate surface area is 101 Å². The van der Waals surface area contributed by atoms with E-state index in [1.807, 2.05) is 0 Å². The lowest BCUT2D eigenvalue weighted by atomic mass is 10.2. The van der Waals surface area contributed by atoms with Crippen molar-refractivity contribution >= 4 is 22.8 Å². The molecule has 1 rings (SSSR count). The summed E-state index contributed by atoms with van der Waals surface area (Å²) in [7, 11) is 0. The number of carbonyl (C=O) groups is 2. The van der Waals surface area contributed by atoms with E-state index in [1.54, 1.807) is 0 Å². The molecule has 4 nitrogen and oxygen atoms in total. The third-order valence-electron chi connectivity index (χ3n) is 1.67. The molecule has 0 unspecified atom stereocenters. The number of rotatable bonds is 2. The molecule has 0 aliphatic heterocycles. The van der Waals surface area contributed by atoms with Crippen LogP contribution >= 0.6 is 11.8 Å². The fourth-order valence-electron chi connectivity index (χ4n) is 0.954. The number of aromatic nitrogens is 1. The molecule has 88 valence electrons. The van der Waals surface area contributed by atoms with Crippen LogP contribution in [-0.2, 0) is 4.79 Å². The fraction of sp³-hybridized carbons (Fsp3) is 0.182. The van der Waals surface area contributed by atoms with Crippen molar-refractivity contribution in [1.29, 1.82) is 0 Å². The third-order valence-corrected chi connectivity index (χ3v) is 2.37. The third kappa shape index (κ3) is 3.89. The Morgan fingerprint density at radius 3 is 2.88 bits per heavy atom. The first-order valence-electron chi connectivity index (χ1n) is 4.52. The molecule has 0 saturated carbocycles. The monoisotopic (exact) mass is 253 g/mol. The zero-order valence-corrected chi connectivity index (χ0v) is 9.68. The first-order chi connectivity index (χ1) is 8.02. The van der Waals surface area contributed by atoms with Gasteiger partial charge in [-0.05, 0) is 12.0 Å². The molecule has 1 aromatic rings. The second kappa shape index (κ2) is 6.01. The second-order valence-electron chi connectivity index (χ2n) is 2.91. The maximum atomic E-state index is 13.5. The van der Waals surface area contributed by atoms with Crippen molar-refractivity contribution in [2.24, 2.45) is 0 Å². The van der Waals surface area contributed by atoms with Crippen molar-refractivity contribution in [2.45, 2.75) is 6.92 Å². The van der Waals surface area contributed by atoms with E-state index in [9.17, 15) is 14.0 Å². The van der Waals surface area contributed by atoms with Gasteiger partial charge in [0.25, 0.3) is 0 Å². The minimum Gasteiger partial charge on any atom is -0.478 e. The average molecular weight is 253 g/mol. The number of hydrogen-bond donors (Lipinski definition) is 1. The van der Waals surface area contributed by atoms with Gasteiger partial charge in [-0.3, -0.25) is 4.79 Å². The van der Waals surface area contributed by atoms with Crippen LogP contribution in [0.5, 0.6) is 0 Å². The van der Waals surface area contributed by atoms with Crippen LogP contribution in [0.4, 0.5) is 4.39 Å². The molecule has 1 heterocycles. The highest BCUT2D eigenvalue weighted by Gasteiger charge is 2.13. The molecular weight excluding hydrogens is 245 g/mol. The van der Waals surface area contributed by atoms with Crippen LogP contribution in [0.25, 0.3) is 0 Å². The number of pyridine rings is 1. The molecule has 0 aromatic carbocycles. The molecule has 0 aliphatic carbocycles. The average Bonchev–Trinajstić information content (AvgIpc) is 2.25. The van der Waals surface area contributed by atoms with Crippen LogP contribution in [0, 0.1) is 17.7 Å². The lowest BCUT2D eigenvalue weighted by molar-refractivity contribution is -0.109. The summed E-state index contributed by atoms with van der Waals surface area (Å²) in [6.45, 7) is 1.40. The summed E-state index contributed by atoms with van der Waals surface area (Å²) < 4.78 is 13.5. The number of carboxylic acids is 1. The van der Waals surface area contributed by atoms with Crippen LogP contribution in [-0.4, -0.2) is 26.9 Å². The van der Waals surface area contributed by atoms with Gasteiger partial charge in [-0.1, -0.05) is 17.7 Å². The molecule has 6 heteroatoms. The zero-order chi connectivity index (χ0) is 12.8. The largest absolute Gasteiger partial charge is 0.478 e. The van der Waals surface area contributed by atoms with Crippen molar-refractivity contribution in [3.05, 3.63) is 29.3 Å². The van der Waals surface area contributed by atoms with Crippen LogP contribution < -0.4 is 0 Å². The fourth-order valence-corrected chi connectivity index (χ4v) is 1.30. The van der Waals surface area contributed by atoms with Crippen molar-refractivity contribution in [2.75, 3.05) is 5.75 Å². The number of aromatic carboxylic acids is 1. The van der Waals surface area contributed by atoms with Crippen molar-refractivity contribution < 1.29 is 19.1 Å². The highest BCUT2D eigenvalue weighted by molar-refractivity contribution is 8.13. The first-order valence-corrected chi connectivity index (χ1v) is 5.51. The van der Waals surface area contributed by atoms with E-state index in [-0.39, 0.29) is 16.6 Å². The second-order valence-corrected chi connectivity index (χ2v) is 4.06. The molecule has 0 fully saturated rings. The van der Waals surface area contributed by atoms with Gasteiger partial charge in [0, 0.05) is 13.1 Å². The van der Waals surface area contributed by atoms with E-state index in [0.717, 1.165) is 17.8 Å². The zero-order valence-electron chi connectivity index (χ0n) is 8.86. The molecule has 1 N–H and O–H groups in total. The Morgan fingerprint density at radius 1 is 1.59 bits per heavy atom. The SMILES string of the molecule is CC(=O)SCC#Cc1nccc(C(=O)O)c1F. The predicted octanol–water partition coefficient (Wildman–Crippen LogP) is 1.55. The van der Waals surface area contributed by atoms with Gasteiger partial charge in [-0.15, -0.1) is 0 Å². The van der Waals surface area contributed by atoms with Gasteiger partial charge in [0.15, 0.2) is 10.9 Å². The van der Waals surface area contributed by atoms with Crippen molar-refractivity contribution in [3.63, 3.8) is 0 Å². The molecule has 0 amide bonds. The molecule has 0 saturated heterocycles. The molecule has 1 aromatic heterocycles. The molecule has 0 atom stereocenters. The summed E-state index contributed by atoms with van der Waals surface area (Å²) in [5, 5.41) is 8.58. The normalized spacial score (nSPS) is 9.29. The minimum absolute atomic E-state index is 0.0907. The topological polar surface area (TPSA) is 67.3 Å². The van der Waals surface area contributed by atoms with Gasteiger partial charge >= 0.3 is 5.97 Å². The van der Waals surface area contributed by atoms with Crippen LogP contribution in [0.1, 0.15) is 23.0 Å². The minimum atomic E-state index is -1.37. The molecular formula is C11H8FNO3S.